The zero-order valence-corrected chi connectivity index (χ0v) is 9.72. The number of rotatable bonds is 3. The lowest BCUT2D eigenvalue weighted by atomic mass is 10.1. The zero-order chi connectivity index (χ0) is 11.4. The van der Waals surface area contributed by atoms with Crippen LogP contribution in [0.5, 0.6) is 0 Å². The predicted octanol–water partition coefficient (Wildman–Crippen LogP) is 1.27. The molecule has 0 amide bonds. The van der Waals surface area contributed by atoms with E-state index < -0.39 is 0 Å². The van der Waals surface area contributed by atoms with Gasteiger partial charge in [-0.25, -0.2) is 0 Å². The van der Waals surface area contributed by atoms with Gasteiger partial charge >= 0.3 is 0 Å². The number of likely N-dealkylation sites (tertiary alicyclic amines) is 1. The molecule has 0 spiro atoms. The Hall–Kier alpha value is -1.13. The van der Waals surface area contributed by atoms with E-state index in [4.69, 9.17) is 10.5 Å². The van der Waals surface area contributed by atoms with Crippen LogP contribution in [0.2, 0.25) is 0 Å². The van der Waals surface area contributed by atoms with Crippen molar-refractivity contribution in [1.29, 1.82) is 0 Å². The van der Waals surface area contributed by atoms with Crippen molar-refractivity contribution in [2.75, 3.05) is 25.9 Å². The molecule has 0 radical (unpaired) electrons. The molecule has 1 aromatic rings. The minimum Gasteiger partial charge on any atom is -0.399 e. The Morgan fingerprint density at radius 2 is 2.50 bits per heavy atom. The molecule has 2 N–H and O–H groups in total. The number of hydrogen-bond acceptors (Lipinski definition) is 4. The van der Waals surface area contributed by atoms with Crippen LogP contribution >= 0.6 is 0 Å². The lowest BCUT2D eigenvalue weighted by Crippen LogP contribution is -2.38. The molecule has 1 atom stereocenters. The minimum absolute atomic E-state index is 0.370. The van der Waals surface area contributed by atoms with Crippen molar-refractivity contribution in [2.45, 2.75) is 25.5 Å². The summed E-state index contributed by atoms with van der Waals surface area (Å²) < 4.78 is 5.40. The van der Waals surface area contributed by atoms with Crippen LogP contribution in [0.3, 0.4) is 0 Å². The van der Waals surface area contributed by atoms with Gasteiger partial charge in [-0.05, 0) is 31.5 Å². The number of piperidine rings is 1. The topological polar surface area (TPSA) is 51.4 Å². The zero-order valence-electron chi connectivity index (χ0n) is 9.72. The molecule has 0 saturated carbocycles. The minimum atomic E-state index is 0.370. The smallest absolute Gasteiger partial charge is 0.0698 e. The molecular weight excluding hydrogens is 202 g/mol. The van der Waals surface area contributed by atoms with Crippen LogP contribution in [-0.4, -0.2) is 36.2 Å². The van der Waals surface area contributed by atoms with Crippen molar-refractivity contribution in [3.63, 3.8) is 0 Å². The second-order valence-corrected chi connectivity index (χ2v) is 4.32. The average molecular weight is 221 g/mol. The van der Waals surface area contributed by atoms with E-state index in [2.05, 4.69) is 9.88 Å². The Bertz CT molecular complexity index is 343. The summed E-state index contributed by atoms with van der Waals surface area (Å²) >= 11 is 0. The molecule has 1 unspecified atom stereocenters. The largest absolute Gasteiger partial charge is 0.399 e. The van der Waals surface area contributed by atoms with E-state index in [1.807, 2.05) is 12.1 Å². The van der Waals surface area contributed by atoms with Gasteiger partial charge in [0.2, 0.25) is 0 Å². The lowest BCUT2D eigenvalue weighted by Gasteiger charge is -2.31. The molecule has 1 aliphatic rings. The number of ether oxygens (including phenoxy) is 1. The van der Waals surface area contributed by atoms with Crippen LogP contribution in [-0.2, 0) is 11.3 Å². The van der Waals surface area contributed by atoms with E-state index in [0.717, 1.165) is 37.4 Å². The molecule has 1 fully saturated rings. The molecular formula is C12H19N3O. The number of hydrogen-bond donors (Lipinski definition) is 1. The number of methoxy groups -OCH3 is 1. The molecule has 2 heterocycles. The van der Waals surface area contributed by atoms with E-state index in [1.54, 1.807) is 13.3 Å². The second kappa shape index (κ2) is 5.27. The summed E-state index contributed by atoms with van der Waals surface area (Å²) in [5, 5.41) is 0. The Labute approximate surface area is 96.4 Å². The van der Waals surface area contributed by atoms with E-state index in [0.29, 0.717) is 6.10 Å². The quantitative estimate of drug-likeness (QED) is 0.835. The van der Waals surface area contributed by atoms with E-state index in [1.165, 1.54) is 6.42 Å². The summed E-state index contributed by atoms with van der Waals surface area (Å²) in [6, 6.07) is 3.76. The standard InChI is InChI=1S/C12H19N3O/c1-16-12-3-2-6-15(9-12)8-11-7-10(13)4-5-14-11/h4-5,7,12H,2-3,6,8-9H2,1H3,(H2,13,14). The van der Waals surface area contributed by atoms with Gasteiger partial charge in [0.25, 0.3) is 0 Å². The molecule has 1 saturated heterocycles. The van der Waals surface area contributed by atoms with Crippen molar-refractivity contribution in [2.24, 2.45) is 0 Å². The van der Waals surface area contributed by atoms with Gasteiger partial charge in [-0.3, -0.25) is 9.88 Å². The fraction of sp³-hybridized carbons (Fsp3) is 0.583. The van der Waals surface area contributed by atoms with Crippen molar-refractivity contribution < 1.29 is 4.74 Å². The maximum Gasteiger partial charge on any atom is 0.0698 e. The van der Waals surface area contributed by atoms with Gasteiger partial charge in [-0.15, -0.1) is 0 Å². The van der Waals surface area contributed by atoms with Gasteiger partial charge in [-0.1, -0.05) is 0 Å². The molecule has 0 aromatic carbocycles. The molecule has 0 bridgehead atoms. The highest BCUT2D eigenvalue weighted by Gasteiger charge is 2.19. The Kier molecular flexibility index (Phi) is 3.74. The molecule has 4 nitrogen and oxygen atoms in total. The third-order valence-corrected chi connectivity index (χ3v) is 3.02. The molecule has 1 aromatic heterocycles. The third kappa shape index (κ3) is 2.93. The maximum absolute atomic E-state index is 5.73. The second-order valence-electron chi connectivity index (χ2n) is 4.32. The molecule has 88 valence electrons. The Morgan fingerprint density at radius 3 is 3.25 bits per heavy atom. The Balaban J connectivity index is 1.94. The van der Waals surface area contributed by atoms with Crippen LogP contribution in [0, 0.1) is 0 Å². The summed E-state index contributed by atoms with van der Waals surface area (Å²) in [5.74, 6) is 0. The predicted molar refractivity (Wildman–Crippen MR) is 64.0 cm³/mol. The summed E-state index contributed by atoms with van der Waals surface area (Å²) in [5.41, 5.74) is 7.56. The number of aromatic nitrogens is 1. The van der Waals surface area contributed by atoms with E-state index in [-0.39, 0.29) is 0 Å². The SMILES string of the molecule is COC1CCCN(Cc2cc(N)ccn2)C1. The Morgan fingerprint density at radius 1 is 1.62 bits per heavy atom. The molecule has 4 heteroatoms. The number of anilines is 1. The lowest BCUT2D eigenvalue weighted by molar-refractivity contribution is 0.0281. The van der Waals surface area contributed by atoms with Crippen molar-refractivity contribution >= 4 is 5.69 Å². The van der Waals surface area contributed by atoms with Gasteiger partial charge in [0.1, 0.15) is 0 Å². The fourth-order valence-electron chi connectivity index (χ4n) is 2.16. The highest BCUT2D eigenvalue weighted by Crippen LogP contribution is 2.15. The van der Waals surface area contributed by atoms with E-state index in [9.17, 15) is 0 Å². The molecule has 16 heavy (non-hydrogen) atoms. The van der Waals surface area contributed by atoms with E-state index >= 15 is 0 Å². The van der Waals surface area contributed by atoms with Crippen LogP contribution in [0.1, 0.15) is 18.5 Å². The summed E-state index contributed by atoms with van der Waals surface area (Å²) in [6.07, 6.45) is 4.50. The van der Waals surface area contributed by atoms with Crippen LogP contribution in [0.4, 0.5) is 5.69 Å². The molecule has 1 aliphatic heterocycles. The van der Waals surface area contributed by atoms with Crippen LogP contribution in [0.25, 0.3) is 0 Å². The first kappa shape index (κ1) is 11.4. The van der Waals surface area contributed by atoms with Crippen molar-refractivity contribution in [3.8, 4) is 0 Å². The van der Waals surface area contributed by atoms with Crippen molar-refractivity contribution in [1.82, 2.24) is 9.88 Å². The first-order chi connectivity index (χ1) is 7.78. The number of nitrogen functional groups attached to an aromatic ring is 1. The average Bonchev–Trinajstić information content (AvgIpc) is 2.29. The first-order valence-corrected chi connectivity index (χ1v) is 5.73. The van der Waals surface area contributed by atoms with Crippen LogP contribution < -0.4 is 5.73 Å². The summed E-state index contributed by atoms with van der Waals surface area (Å²) in [7, 11) is 1.78. The van der Waals surface area contributed by atoms with Gasteiger partial charge in [0.05, 0.1) is 11.8 Å². The van der Waals surface area contributed by atoms with Gasteiger partial charge < -0.3 is 10.5 Å². The first-order valence-electron chi connectivity index (χ1n) is 5.73. The number of nitrogens with zero attached hydrogens (tertiary/aromatic N) is 2. The summed E-state index contributed by atoms with van der Waals surface area (Å²) in [4.78, 5) is 6.70. The molecule has 2 rings (SSSR count). The van der Waals surface area contributed by atoms with Gasteiger partial charge in [0.15, 0.2) is 0 Å². The number of pyridine rings is 1. The third-order valence-electron chi connectivity index (χ3n) is 3.02. The highest BCUT2D eigenvalue weighted by atomic mass is 16.5. The summed E-state index contributed by atoms with van der Waals surface area (Å²) in [6.45, 7) is 2.98. The van der Waals surface area contributed by atoms with Crippen molar-refractivity contribution in [3.05, 3.63) is 24.0 Å². The fourth-order valence-corrected chi connectivity index (χ4v) is 2.16. The monoisotopic (exact) mass is 221 g/mol. The normalized spacial score (nSPS) is 22.2. The highest BCUT2D eigenvalue weighted by molar-refractivity contribution is 5.37. The maximum atomic E-state index is 5.73. The van der Waals surface area contributed by atoms with Crippen LogP contribution in [0.15, 0.2) is 18.3 Å². The molecule has 0 aliphatic carbocycles. The van der Waals surface area contributed by atoms with Gasteiger partial charge in [0, 0.05) is 32.1 Å². The number of nitrogens with two attached hydrogens (primary N) is 1. The van der Waals surface area contributed by atoms with Gasteiger partial charge in [-0.2, -0.15) is 0 Å².